The van der Waals surface area contributed by atoms with Crippen molar-refractivity contribution in [2.45, 2.75) is 25.9 Å². The van der Waals surface area contributed by atoms with Crippen LogP contribution in [0.25, 0.3) is 0 Å². The molecular formula is C11H16NO3PS. The van der Waals surface area contributed by atoms with Crippen molar-refractivity contribution >= 4 is 30.5 Å². The van der Waals surface area contributed by atoms with E-state index in [0.717, 1.165) is 12.8 Å². The van der Waals surface area contributed by atoms with Gasteiger partial charge in [0.05, 0.1) is 11.2 Å². The van der Waals surface area contributed by atoms with Gasteiger partial charge in [-0.2, -0.15) is 0 Å². The third-order valence-corrected chi connectivity index (χ3v) is 3.20. The smallest absolute Gasteiger partial charge is 0.329 e. The molecule has 94 valence electrons. The van der Waals surface area contributed by atoms with Gasteiger partial charge < -0.3 is 15.1 Å². The maximum Gasteiger partial charge on any atom is 0.329 e. The summed E-state index contributed by atoms with van der Waals surface area (Å²) in [6, 6.07) is 7.02. The third kappa shape index (κ3) is 5.41. The van der Waals surface area contributed by atoms with Gasteiger partial charge in [-0.1, -0.05) is 37.3 Å². The topological polar surface area (TPSA) is 69.6 Å². The summed E-state index contributed by atoms with van der Waals surface area (Å²) in [4.78, 5) is 18.7. The van der Waals surface area contributed by atoms with E-state index in [1.165, 1.54) is 0 Å². The molecule has 4 nitrogen and oxygen atoms in total. The fourth-order valence-corrected chi connectivity index (χ4v) is 2.48. The molecule has 0 fully saturated rings. The summed E-state index contributed by atoms with van der Waals surface area (Å²) in [6.45, 7) is 2.02. The SMILES string of the molecule is CCCC(=S)Nc1ccccc1CP(=O)(O)O. The zero-order chi connectivity index (χ0) is 12.9. The average molecular weight is 273 g/mol. The van der Waals surface area contributed by atoms with Gasteiger partial charge in [0.25, 0.3) is 0 Å². The molecule has 0 amide bonds. The molecule has 0 radical (unpaired) electrons. The summed E-state index contributed by atoms with van der Waals surface area (Å²) in [5.74, 6) is 0. The summed E-state index contributed by atoms with van der Waals surface area (Å²) in [7, 11) is -4.06. The molecule has 3 N–H and O–H groups in total. The van der Waals surface area contributed by atoms with E-state index in [2.05, 4.69) is 5.32 Å². The number of nitrogens with one attached hydrogen (secondary N) is 1. The number of hydrogen-bond acceptors (Lipinski definition) is 2. The van der Waals surface area contributed by atoms with Crippen LogP contribution in [0, 0.1) is 0 Å². The summed E-state index contributed by atoms with van der Waals surface area (Å²) < 4.78 is 11.0. The predicted molar refractivity (Wildman–Crippen MR) is 73.3 cm³/mol. The number of thiocarbonyl (C=S) groups is 1. The quantitative estimate of drug-likeness (QED) is 0.568. The second-order valence-corrected chi connectivity index (χ2v) is 5.92. The van der Waals surface area contributed by atoms with Gasteiger partial charge in [0.2, 0.25) is 0 Å². The molecule has 0 bridgehead atoms. The van der Waals surface area contributed by atoms with Crippen LogP contribution in [0.3, 0.4) is 0 Å². The summed E-state index contributed by atoms with van der Waals surface area (Å²) >= 11 is 5.13. The Morgan fingerprint density at radius 1 is 1.41 bits per heavy atom. The molecule has 0 saturated carbocycles. The molecular weight excluding hydrogens is 257 g/mol. The van der Waals surface area contributed by atoms with Gasteiger partial charge >= 0.3 is 7.60 Å². The van der Waals surface area contributed by atoms with E-state index in [4.69, 9.17) is 22.0 Å². The van der Waals surface area contributed by atoms with E-state index < -0.39 is 7.60 Å². The van der Waals surface area contributed by atoms with Crippen molar-refractivity contribution in [3.05, 3.63) is 29.8 Å². The minimum absolute atomic E-state index is 0.273. The van der Waals surface area contributed by atoms with Crippen LogP contribution >= 0.6 is 19.8 Å². The van der Waals surface area contributed by atoms with Crippen molar-refractivity contribution in [1.82, 2.24) is 0 Å². The molecule has 0 spiro atoms. The van der Waals surface area contributed by atoms with Crippen molar-refractivity contribution in [3.63, 3.8) is 0 Å². The standard InChI is InChI=1S/C11H16NO3PS/c1-2-5-11(17)12-10-7-4-3-6-9(10)8-16(13,14)15/h3-4,6-7H,2,5,8H2,1H3,(H,12,17)(H2,13,14,15). The van der Waals surface area contributed by atoms with Crippen molar-refractivity contribution in [2.75, 3.05) is 5.32 Å². The first kappa shape index (κ1) is 14.3. The molecule has 6 heteroatoms. The highest BCUT2D eigenvalue weighted by atomic mass is 32.1. The van der Waals surface area contributed by atoms with Crippen LogP contribution in [0.2, 0.25) is 0 Å². The molecule has 1 aromatic carbocycles. The van der Waals surface area contributed by atoms with Gasteiger partial charge in [-0.05, 0) is 24.5 Å². The highest BCUT2D eigenvalue weighted by Gasteiger charge is 2.16. The molecule has 0 heterocycles. The molecule has 17 heavy (non-hydrogen) atoms. The number of anilines is 1. The molecule has 0 unspecified atom stereocenters. The highest BCUT2D eigenvalue weighted by molar-refractivity contribution is 7.80. The Labute approximate surface area is 106 Å². The van der Waals surface area contributed by atoms with Crippen molar-refractivity contribution < 1.29 is 14.4 Å². The van der Waals surface area contributed by atoms with Gasteiger partial charge in [-0.15, -0.1) is 0 Å². The molecule has 0 atom stereocenters. The lowest BCUT2D eigenvalue weighted by molar-refractivity contribution is 0.372. The maximum absolute atomic E-state index is 11.0. The Bertz CT molecular complexity index is 444. The number of para-hydroxylation sites is 1. The lowest BCUT2D eigenvalue weighted by Gasteiger charge is -2.12. The Balaban J connectivity index is 2.85. The second kappa shape index (κ2) is 6.26. The van der Waals surface area contributed by atoms with Gasteiger partial charge in [-0.3, -0.25) is 4.57 Å². The third-order valence-electron chi connectivity index (χ3n) is 2.14. The van der Waals surface area contributed by atoms with E-state index in [1.54, 1.807) is 24.3 Å². The molecule has 0 saturated heterocycles. The monoisotopic (exact) mass is 273 g/mol. The normalized spacial score (nSPS) is 11.2. The Morgan fingerprint density at radius 2 is 2.06 bits per heavy atom. The van der Waals surface area contributed by atoms with Gasteiger partial charge in [0, 0.05) is 5.69 Å². The predicted octanol–water partition coefficient (Wildman–Crippen LogP) is 2.90. The molecule has 0 aromatic heterocycles. The Kier molecular flexibility index (Phi) is 5.28. The molecule has 0 aliphatic heterocycles. The summed E-state index contributed by atoms with van der Waals surface area (Å²) in [5, 5.41) is 3.02. The fourth-order valence-electron chi connectivity index (χ4n) is 1.44. The van der Waals surface area contributed by atoms with Crippen LogP contribution in [-0.2, 0) is 10.7 Å². The van der Waals surface area contributed by atoms with Crippen LogP contribution in [-0.4, -0.2) is 14.8 Å². The van der Waals surface area contributed by atoms with E-state index in [-0.39, 0.29) is 6.16 Å². The van der Waals surface area contributed by atoms with Gasteiger partial charge in [-0.25, -0.2) is 0 Å². The van der Waals surface area contributed by atoms with E-state index in [1.807, 2.05) is 6.92 Å². The first-order chi connectivity index (χ1) is 7.92. The Hall–Kier alpha value is -0.740. The molecule has 1 rings (SSSR count). The zero-order valence-corrected chi connectivity index (χ0v) is 11.3. The van der Waals surface area contributed by atoms with Crippen LogP contribution in [0.1, 0.15) is 25.3 Å². The molecule has 0 aliphatic rings. The maximum atomic E-state index is 11.0. The first-order valence-electron chi connectivity index (χ1n) is 5.34. The first-order valence-corrected chi connectivity index (χ1v) is 7.55. The molecule has 1 aromatic rings. The van der Waals surface area contributed by atoms with E-state index in [0.29, 0.717) is 16.2 Å². The van der Waals surface area contributed by atoms with Crippen LogP contribution < -0.4 is 5.32 Å². The van der Waals surface area contributed by atoms with Crippen LogP contribution in [0.15, 0.2) is 24.3 Å². The van der Waals surface area contributed by atoms with E-state index >= 15 is 0 Å². The average Bonchev–Trinajstić information content (AvgIpc) is 2.19. The summed E-state index contributed by atoms with van der Waals surface area (Å²) in [6.07, 6.45) is 1.43. The van der Waals surface area contributed by atoms with Gasteiger partial charge in [0.1, 0.15) is 0 Å². The van der Waals surface area contributed by atoms with Crippen molar-refractivity contribution in [3.8, 4) is 0 Å². The second-order valence-electron chi connectivity index (χ2n) is 3.78. The van der Waals surface area contributed by atoms with Crippen LogP contribution in [0.5, 0.6) is 0 Å². The van der Waals surface area contributed by atoms with Crippen LogP contribution in [0.4, 0.5) is 5.69 Å². The fraction of sp³-hybridized carbons (Fsp3) is 0.364. The lowest BCUT2D eigenvalue weighted by atomic mass is 10.2. The largest absolute Gasteiger partial charge is 0.350 e. The highest BCUT2D eigenvalue weighted by Crippen LogP contribution is 2.40. The minimum Gasteiger partial charge on any atom is -0.350 e. The lowest BCUT2D eigenvalue weighted by Crippen LogP contribution is -2.10. The van der Waals surface area contributed by atoms with E-state index in [9.17, 15) is 4.57 Å². The number of rotatable bonds is 5. The number of hydrogen-bond donors (Lipinski definition) is 3. The Morgan fingerprint density at radius 3 is 2.65 bits per heavy atom. The molecule has 0 aliphatic carbocycles. The minimum atomic E-state index is -4.06. The van der Waals surface area contributed by atoms with Gasteiger partial charge in [0.15, 0.2) is 0 Å². The summed E-state index contributed by atoms with van der Waals surface area (Å²) in [5.41, 5.74) is 1.26. The van der Waals surface area contributed by atoms with Crippen molar-refractivity contribution in [2.24, 2.45) is 0 Å². The zero-order valence-electron chi connectivity index (χ0n) is 9.59. The number of benzene rings is 1. The van der Waals surface area contributed by atoms with Crippen molar-refractivity contribution in [1.29, 1.82) is 0 Å².